The Morgan fingerprint density at radius 3 is 2.59 bits per heavy atom. The van der Waals surface area contributed by atoms with Crippen molar-refractivity contribution in [3.63, 3.8) is 0 Å². The Balaban J connectivity index is 2.89. The second kappa shape index (κ2) is 5.82. The number of sulfonamides is 1. The van der Waals surface area contributed by atoms with E-state index in [-0.39, 0.29) is 23.5 Å². The highest BCUT2D eigenvalue weighted by atomic mass is 35.5. The van der Waals surface area contributed by atoms with Gasteiger partial charge in [0.05, 0.1) is 4.90 Å². The number of halogens is 1. The first-order valence-corrected chi connectivity index (χ1v) is 7.11. The van der Waals surface area contributed by atoms with Crippen LogP contribution in [-0.2, 0) is 10.0 Å². The molecule has 0 aromatic heterocycles. The smallest absolute Gasteiger partial charge is 0.240 e. The Bertz CT molecular complexity index is 475. The van der Waals surface area contributed by atoms with Gasteiger partial charge in [0.25, 0.3) is 0 Å². The van der Waals surface area contributed by atoms with Gasteiger partial charge in [-0.2, -0.15) is 0 Å². The van der Waals surface area contributed by atoms with E-state index in [1.54, 1.807) is 26.0 Å². The Kier molecular flexibility index (Phi) is 4.94. The summed E-state index contributed by atoms with van der Waals surface area (Å²) in [6, 6.07) is 5.71. The topological polar surface area (TPSA) is 66.4 Å². The van der Waals surface area contributed by atoms with E-state index < -0.39 is 10.0 Å². The Morgan fingerprint density at radius 1 is 1.41 bits per heavy atom. The first-order valence-electron chi connectivity index (χ1n) is 5.25. The molecular weight excluding hydrogens is 262 g/mol. The molecule has 0 aliphatic heterocycles. The summed E-state index contributed by atoms with van der Waals surface area (Å²) in [5.74, 6) is -0.149. The van der Waals surface area contributed by atoms with Crippen molar-refractivity contribution in [2.75, 3.05) is 6.61 Å². The predicted octanol–water partition coefficient (Wildman–Crippen LogP) is 1.64. The molecule has 2 atom stereocenters. The number of hydrogen-bond donors (Lipinski definition) is 2. The van der Waals surface area contributed by atoms with Crippen LogP contribution in [0.15, 0.2) is 29.2 Å². The highest BCUT2D eigenvalue weighted by Gasteiger charge is 2.20. The lowest BCUT2D eigenvalue weighted by atomic mass is 10.1. The number of aliphatic hydroxyl groups excluding tert-OH is 1. The van der Waals surface area contributed by atoms with E-state index in [1.807, 2.05) is 0 Å². The third-order valence-corrected chi connectivity index (χ3v) is 4.38. The van der Waals surface area contributed by atoms with Gasteiger partial charge in [-0.25, -0.2) is 13.1 Å². The summed E-state index contributed by atoms with van der Waals surface area (Å²) in [5.41, 5.74) is 0. The molecule has 4 nitrogen and oxygen atoms in total. The minimum absolute atomic E-state index is 0.0702. The van der Waals surface area contributed by atoms with Crippen LogP contribution in [0.3, 0.4) is 0 Å². The molecule has 0 saturated heterocycles. The molecule has 2 unspecified atom stereocenters. The maximum Gasteiger partial charge on any atom is 0.240 e. The third-order valence-electron chi connectivity index (χ3n) is 2.59. The van der Waals surface area contributed by atoms with Crippen molar-refractivity contribution in [3.8, 4) is 0 Å². The van der Waals surface area contributed by atoms with Crippen LogP contribution in [0.5, 0.6) is 0 Å². The summed E-state index contributed by atoms with van der Waals surface area (Å²) >= 11 is 5.75. The first kappa shape index (κ1) is 14.4. The standard InChI is InChI=1S/C11H16ClNO3S/c1-8(7-14)9(2)13-17(15,16)11-5-3-4-10(12)6-11/h3-6,8-9,13-14H,7H2,1-2H3. The summed E-state index contributed by atoms with van der Waals surface area (Å²) < 4.78 is 26.4. The van der Waals surface area contributed by atoms with Crippen molar-refractivity contribution in [3.05, 3.63) is 29.3 Å². The van der Waals surface area contributed by atoms with Crippen LogP contribution in [0.1, 0.15) is 13.8 Å². The fourth-order valence-electron chi connectivity index (χ4n) is 1.22. The van der Waals surface area contributed by atoms with Gasteiger partial charge in [-0.1, -0.05) is 24.6 Å². The zero-order valence-corrected chi connectivity index (χ0v) is 11.3. The summed E-state index contributed by atoms with van der Waals surface area (Å²) in [7, 11) is -3.58. The maximum absolute atomic E-state index is 12.0. The number of benzene rings is 1. The molecule has 0 fully saturated rings. The van der Waals surface area contributed by atoms with Crippen molar-refractivity contribution in [2.24, 2.45) is 5.92 Å². The van der Waals surface area contributed by atoms with E-state index in [1.165, 1.54) is 12.1 Å². The van der Waals surface area contributed by atoms with E-state index in [0.29, 0.717) is 5.02 Å². The zero-order chi connectivity index (χ0) is 13.1. The molecule has 2 N–H and O–H groups in total. The van der Waals surface area contributed by atoms with Gasteiger partial charge in [0.1, 0.15) is 0 Å². The SMILES string of the molecule is CC(CO)C(C)NS(=O)(=O)c1cccc(Cl)c1. The first-order chi connectivity index (χ1) is 7.86. The zero-order valence-electron chi connectivity index (χ0n) is 9.72. The molecule has 0 heterocycles. The molecule has 0 radical (unpaired) electrons. The van der Waals surface area contributed by atoms with Crippen molar-refractivity contribution in [1.29, 1.82) is 0 Å². The van der Waals surface area contributed by atoms with Gasteiger partial charge >= 0.3 is 0 Å². The average molecular weight is 278 g/mol. The van der Waals surface area contributed by atoms with Crippen LogP contribution in [0.25, 0.3) is 0 Å². The van der Waals surface area contributed by atoms with Gasteiger partial charge in [0.15, 0.2) is 0 Å². The predicted molar refractivity (Wildman–Crippen MR) is 67.5 cm³/mol. The molecule has 96 valence electrons. The largest absolute Gasteiger partial charge is 0.396 e. The molecule has 0 spiro atoms. The molecule has 0 saturated carbocycles. The quantitative estimate of drug-likeness (QED) is 0.860. The Morgan fingerprint density at radius 2 is 2.06 bits per heavy atom. The molecular formula is C11H16ClNO3S. The van der Waals surface area contributed by atoms with E-state index in [0.717, 1.165) is 0 Å². The van der Waals surface area contributed by atoms with E-state index in [2.05, 4.69) is 4.72 Å². The average Bonchev–Trinajstić information content (AvgIpc) is 2.27. The molecule has 0 amide bonds. The van der Waals surface area contributed by atoms with E-state index in [9.17, 15) is 8.42 Å². The second-order valence-electron chi connectivity index (χ2n) is 4.03. The van der Waals surface area contributed by atoms with Gasteiger partial charge in [-0.05, 0) is 31.0 Å². The van der Waals surface area contributed by atoms with Gasteiger partial charge in [-0.15, -0.1) is 0 Å². The summed E-state index contributed by atoms with van der Waals surface area (Å²) in [6.45, 7) is 3.41. The van der Waals surface area contributed by atoms with Crippen LogP contribution in [0.4, 0.5) is 0 Å². The van der Waals surface area contributed by atoms with Crippen molar-refractivity contribution in [2.45, 2.75) is 24.8 Å². The molecule has 6 heteroatoms. The van der Waals surface area contributed by atoms with Crippen LogP contribution in [-0.4, -0.2) is 26.2 Å². The minimum Gasteiger partial charge on any atom is -0.396 e. The fraction of sp³-hybridized carbons (Fsp3) is 0.455. The molecule has 1 rings (SSSR count). The van der Waals surface area contributed by atoms with Crippen molar-refractivity contribution < 1.29 is 13.5 Å². The highest BCUT2D eigenvalue weighted by molar-refractivity contribution is 7.89. The van der Waals surface area contributed by atoms with E-state index >= 15 is 0 Å². The fourth-order valence-corrected chi connectivity index (χ4v) is 2.87. The van der Waals surface area contributed by atoms with E-state index in [4.69, 9.17) is 16.7 Å². The monoisotopic (exact) mass is 277 g/mol. The van der Waals surface area contributed by atoms with Gasteiger partial charge < -0.3 is 5.11 Å². The normalized spacial score (nSPS) is 15.5. The molecule has 0 aliphatic carbocycles. The van der Waals surface area contributed by atoms with Crippen LogP contribution >= 0.6 is 11.6 Å². The summed E-state index contributed by atoms with van der Waals surface area (Å²) in [4.78, 5) is 0.127. The highest BCUT2D eigenvalue weighted by Crippen LogP contribution is 2.16. The Hall–Kier alpha value is -0.620. The summed E-state index contributed by atoms with van der Waals surface area (Å²) in [6.07, 6.45) is 0. The van der Waals surface area contributed by atoms with Crippen LogP contribution in [0, 0.1) is 5.92 Å². The minimum atomic E-state index is -3.58. The third kappa shape index (κ3) is 3.96. The van der Waals surface area contributed by atoms with Gasteiger partial charge in [-0.3, -0.25) is 0 Å². The maximum atomic E-state index is 12.0. The molecule has 0 bridgehead atoms. The van der Waals surface area contributed by atoms with Crippen LogP contribution in [0.2, 0.25) is 5.02 Å². The number of nitrogens with one attached hydrogen (secondary N) is 1. The number of aliphatic hydroxyl groups is 1. The van der Waals surface area contributed by atoms with Gasteiger partial charge in [0.2, 0.25) is 10.0 Å². The second-order valence-corrected chi connectivity index (χ2v) is 6.18. The lowest BCUT2D eigenvalue weighted by molar-refractivity contribution is 0.216. The van der Waals surface area contributed by atoms with Crippen molar-refractivity contribution in [1.82, 2.24) is 4.72 Å². The van der Waals surface area contributed by atoms with Crippen LogP contribution < -0.4 is 4.72 Å². The Labute approximate surface area is 107 Å². The molecule has 1 aromatic rings. The molecule has 1 aromatic carbocycles. The number of rotatable bonds is 5. The molecule has 17 heavy (non-hydrogen) atoms. The van der Waals surface area contributed by atoms with Crippen molar-refractivity contribution >= 4 is 21.6 Å². The summed E-state index contributed by atoms with van der Waals surface area (Å²) in [5, 5.41) is 9.33. The lowest BCUT2D eigenvalue weighted by Gasteiger charge is -2.19. The molecule has 0 aliphatic rings. The lowest BCUT2D eigenvalue weighted by Crippen LogP contribution is -2.38. The number of hydrogen-bond acceptors (Lipinski definition) is 3. The van der Waals surface area contributed by atoms with Gasteiger partial charge in [0, 0.05) is 17.7 Å².